The van der Waals surface area contributed by atoms with E-state index < -0.39 is 24.4 Å². The molecular formula is C14H22N2O4. The van der Waals surface area contributed by atoms with Crippen LogP contribution in [0.3, 0.4) is 0 Å². The van der Waals surface area contributed by atoms with Crippen molar-refractivity contribution in [3.63, 3.8) is 0 Å². The molecule has 6 heteroatoms. The molecule has 0 fully saturated rings. The van der Waals surface area contributed by atoms with Crippen LogP contribution in [0.4, 0.5) is 0 Å². The average molecular weight is 282 g/mol. The van der Waals surface area contributed by atoms with E-state index in [9.17, 15) is 9.59 Å². The Bertz CT molecular complexity index is 409. The molecule has 0 spiro atoms. The molecule has 0 aliphatic heterocycles. The quantitative estimate of drug-likeness (QED) is 0.611. The summed E-state index contributed by atoms with van der Waals surface area (Å²) in [6.45, 7) is 2.19. The first kappa shape index (κ1) is 18.1. The summed E-state index contributed by atoms with van der Waals surface area (Å²) in [7, 11) is 1.99. The van der Waals surface area contributed by atoms with Crippen molar-refractivity contribution in [3.8, 4) is 0 Å². The minimum Gasteiger partial charge on any atom is -0.481 e. The molecule has 6 nitrogen and oxygen atoms in total. The number of aliphatic carboxylic acids is 2. The van der Waals surface area contributed by atoms with E-state index >= 15 is 0 Å². The zero-order valence-corrected chi connectivity index (χ0v) is 11.7. The van der Waals surface area contributed by atoms with Gasteiger partial charge in [-0.05, 0) is 26.0 Å². The van der Waals surface area contributed by atoms with E-state index in [1.165, 1.54) is 5.56 Å². The highest BCUT2D eigenvalue weighted by Gasteiger charge is 2.14. The summed E-state index contributed by atoms with van der Waals surface area (Å²) in [5, 5.41) is 19.2. The molecular weight excluding hydrogens is 260 g/mol. The molecule has 0 saturated heterocycles. The molecule has 0 heterocycles. The van der Waals surface area contributed by atoms with Gasteiger partial charge in [-0.3, -0.25) is 9.59 Å². The summed E-state index contributed by atoms with van der Waals surface area (Å²) in [6, 6.07) is 9.81. The molecule has 0 amide bonds. The molecule has 2 atom stereocenters. The van der Waals surface area contributed by atoms with Gasteiger partial charge in [0.1, 0.15) is 6.04 Å². The maximum absolute atomic E-state index is 9.85. The lowest BCUT2D eigenvalue weighted by Crippen LogP contribution is -2.32. The Morgan fingerprint density at radius 1 is 1.25 bits per heavy atom. The molecule has 1 aromatic rings. The van der Waals surface area contributed by atoms with Crippen molar-refractivity contribution in [2.45, 2.75) is 31.8 Å². The van der Waals surface area contributed by atoms with Gasteiger partial charge in [-0.2, -0.15) is 0 Å². The van der Waals surface area contributed by atoms with Crippen LogP contribution in [0.2, 0.25) is 0 Å². The van der Waals surface area contributed by atoms with Crippen LogP contribution in [0, 0.1) is 0 Å². The summed E-state index contributed by atoms with van der Waals surface area (Å²) < 4.78 is 0. The Morgan fingerprint density at radius 2 is 1.80 bits per heavy atom. The molecule has 1 aromatic carbocycles. The zero-order valence-electron chi connectivity index (χ0n) is 11.7. The summed E-state index contributed by atoms with van der Waals surface area (Å²) in [6.07, 6.45) is 0.576. The van der Waals surface area contributed by atoms with Gasteiger partial charge < -0.3 is 21.3 Å². The van der Waals surface area contributed by atoms with Crippen molar-refractivity contribution in [2.24, 2.45) is 5.73 Å². The Morgan fingerprint density at radius 3 is 2.15 bits per heavy atom. The maximum Gasteiger partial charge on any atom is 0.321 e. The van der Waals surface area contributed by atoms with E-state index in [4.69, 9.17) is 15.9 Å². The maximum atomic E-state index is 9.85. The van der Waals surface area contributed by atoms with Crippen LogP contribution in [0.15, 0.2) is 30.3 Å². The lowest BCUT2D eigenvalue weighted by atomic mass is 10.1. The highest BCUT2D eigenvalue weighted by Crippen LogP contribution is 2.01. The van der Waals surface area contributed by atoms with Crippen LogP contribution in [0.1, 0.15) is 18.9 Å². The van der Waals surface area contributed by atoms with E-state index in [0.29, 0.717) is 6.04 Å². The van der Waals surface area contributed by atoms with Crippen LogP contribution < -0.4 is 11.1 Å². The summed E-state index contributed by atoms with van der Waals surface area (Å²) in [5.41, 5.74) is 6.23. The van der Waals surface area contributed by atoms with Crippen LogP contribution in [0.5, 0.6) is 0 Å². The van der Waals surface area contributed by atoms with Gasteiger partial charge in [-0.15, -0.1) is 0 Å². The third-order valence-electron chi connectivity index (χ3n) is 2.59. The first-order valence-electron chi connectivity index (χ1n) is 6.28. The number of likely N-dealkylation sites (N-methyl/N-ethyl adjacent to an activating group) is 1. The Kier molecular flexibility index (Phi) is 8.98. The number of benzene rings is 1. The summed E-state index contributed by atoms with van der Waals surface area (Å²) in [5.74, 6) is -2.50. The Balaban J connectivity index is 0.000000370. The number of hydrogen-bond acceptors (Lipinski definition) is 4. The van der Waals surface area contributed by atoms with Gasteiger partial charge >= 0.3 is 11.9 Å². The number of nitrogens with two attached hydrogens (primary N) is 1. The second kappa shape index (κ2) is 9.94. The molecule has 1 rings (SSSR count). The number of rotatable bonds is 6. The number of carbonyl (C=O) groups is 2. The number of nitrogens with one attached hydrogen (secondary N) is 1. The molecule has 0 saturated carbocycles. The first-order valence-corrected chi connectivity index (χ1v) is 6.28. The van der Waals surface area contributed by atoms with E-state index in [2.05, 4.69) is 36.5 Å². The van der Waals surface area contributed by atoms with Gasteiger partial charge in [-0.25, -0.2) is 0 Å². The van der Waals surface area contributed by atoms with Crippen LogP contribution in [-0.4, -0.2) is 41.3 Å². The van der Waals surface area contributed by atoms with Crippen molar-refractivity contribution in [1.29, 1.82) is 0 Å². The molecule has 20 heavy (non-hydrogen) atoms. The second-order valence-corrected chi connectivity index (χ2v) is 4.42. The highest BCUT2D eigenvalue weighted by atomic mass is 16.4. The smallest absolute Gasteiger partial charge is 0.321 e. The number of hydrogen-bond donors (Lipinski definition) is 4. The fourth-order valence-electron chi connectivity index (χ4n) is 1.35. The van der Waals surface area contributed by atoms with Crippen molar-refractivity contribution in [2.75, 3.05) is 7.05 Å². The minimum atomic E-state index is -1.29. The minimum absolute atomic E-state index is 0.532. The second-order valence-electron chi connectivity index (χ2n) is 4.42. The highest BCUT2D eigenvalue weighted by molar-refractivity contribution is 5.80. The van der Waals surface area contributed by atoms with E-state index in [-0.39, 0.29) is 0 Å². The standard InChI is InChI=1S/C10H15N.C4H7NO4/c1-9(11-2)8-10-6-4-3-5-7-10;5-2(4(8)9)1-3(6)7/h3-7,9,11H,8H2,1-2H3;2H,1,5H2,(H,6,7)(H,8,9). The fourth-order valence-corrected chi connectivity index (χ4v) is 1.35. The van der Waals surface area contributed by atoms with E-state index in [0.717, 1.165) is 6.42 Å². The fraction of sp³-hybridized carbons (Fsp3) is 0.429. The van der Waals surface area contributed by atoms with Gasteiger partial charge in [0.05, 0.1) is 6.42 Å². The predicted octanol–water partition coefficient (Wildman–Crippen LogP) is 0.710. The molecule has 0 aliphatic rings. The van der Waals surface area contributed by atoms with Crippen LogP contribution >= 0.6 is 0 Å². The van der Waals surface area contributed by atoms with Gasteiger partial charge in [0.15, 0.2) is 0 Å². The van der Waals surface area contributed by atoms with Gasteiger partial charge in [0, 0.05) is 6.04 Å². The molecule has 0 aliphatic carbocycles. The number of carboxylic acids is 2. The normalized spacial score (nSPS) is 12.8. The zero-order chi connectivity index (χ0) is 15.5. The van der Waals surface area contributed by atoms with Gasteiger partial charge in [0.2, 0.25) is 0 Å². The lowest BCUT2D eigenvalue weighted by Gasteiger charge is -2.08. The molecule has 5 N–H and O–H groups in total. The largest absolute Gasteiger partial charge is 0.481 e. The molecule has 2 unspecified atom stereocenters. The predicted molar refractivity (Wildman–Crippen MR) is 76.5 cm³/mol. The topological polar surface area (TPSA) is 113 Å². The SMILES string of the molecule is CNC(C)Cc1ccccc1.NC(CC(=O)O)C(=O)O. The van der Waals surface area contributed by atoms with Crippen LogP contribution in [0.25, 0.3) is 0 Å². The summed E-state index contributed by atoms with van der Waals surface area (Å²) in [4.78, 5) is 19.6. The van der Waals surface area contributed by atoms with Crippen molar-refractivity contribution in [3.05, 3.63) is 35.9 Å². The van der Waals surface area contributed by atoms with Crippen molar-refractivity contribution in [1.82, 2.24) is 5.32 Å². The first-order chi connectivity index (χ1) is 9.36. The third kappa shape index (κ3) is 9.07. The van der Waals surface area contributed by atoms with Crippen LogP contribution in [-0.2, 0) is 16.0 Å². The monoisotopic (exact) mass is 282 g/mol. The molecule has 0 bridgehead atoms. The number of carboxylic acid groups (broad SMARTS) is 2. The van der Waals surface area contributed by atoms with Gasteiger partial charge in [-0.1, -0.05) is 30.3 Å². The lowest BCUT2D eigenvalue weighted by molar-refractivity contribution is -0.144. The van der Waals surface area contributed by atoms with Crippen molar-refractivity contribution < 1.29 is 19.8 Å². The third-order valence-corrected chi connectivity index (χ3v) is 2.59. The van der Waals surface area contributed by atoms with E-state index in [1.807, 2.05) is 13.1 Å². The van der Waals surface area contributed by atoms with Crippen molar-refractivity contribution >= 4 is 11.9 Å². The molecule has 0 aromatic heterocycles. The Hall–Kier alpha value is -1.92. The molecule has 0 radical (unpaired) electrons. The molecule has 112 valence electrons. The van der Waals surface area contributed by atoms with Gasteiger partial charge in [0.25, 0.3) is 0 Å². The van der Waals surface area contributed by atoms with E-state index in [1.54, 1.807) is 0 Å². The Labute approximate surface area is 118 Å². The summed E-state index contributed by atoms with van der Waals surface area (Å²) >= 11 is 0. The average Bonchev–Trinajstić information content (AvgIpc) is 2.39.